The van der Waals surface area contributed by atoms with E-state index >= 15 is 0 Å². The quantitative estimate of drug-likeness (QED) is 0.387. The number of nitrogens with one attached hydrogen (secondary N) is 4. The Balaban J connectivity index is 1.38. The molecule has 0 radical (unpaired) electrons. The fraction of sp³-hybridized carbons (Fsp3) is 0.609. The maximum atomic E-state index is 13.1. The molecule has 3 fully saturated rings. The lowest BCUT2D eigenvalue weighted by Gasteiger charge is -2.25. The highest BCUT2D eigenvalue weighted by atomic mass is 16.3. The lowest BCUT2D eigenvalue weighted by Crippen LogP contribution is -2.50. The summed E-state index contributed by atoms with van der Waals surface area (Å²) in [6.45, 7) is 1.70. The summed E-state index contributed by atoms with van der Waals surface area (Å²) in [5.74, 6) is -1.13. The van der Waals surface area contributed by atoms with Crippen molar-refractivity contribution in [1.82, 2.24) is 21.3 Å². The van der Waals surface area contributed by atoms with E-state index in [0.717, 1.165) is 24.4 Å². The number of aliphatic hydroxyl groups is 1. The van der Waals surface area contributed by atoms with E-state index in [-0.39, 0.29) is 36.9 Å². The molecule has 0 bridgehead atoms. The summed E-state index contributed by atoms with van der Waals surface area (Å²) < 4.78 is 0. The van der Waals surface area contributed by atoms with Gasteiger partial charge in [-0.25, -0.2) is 0 Å². The molecule has 2 heterocycles. The van der Waals surface area contributed by atoms with Gasteiger partial charge in [-0.1, -0.05) is 30.3 Å². The predicted molar refractivity (Wildman–Crippen MR) is 114 cm³/mol. The summed E-state index contributed by atoms with van der Waals surface area (Å²) in [6.07, 6.45) is 2.46. The molecule has 1 saturated carbocycles. The second-order valence-corrected chi connectivity index (χ2v) is 9.07. The van der Waals surface area contributed by atoms with Gasteiger partial charge in [-0.3, -0.25) is 19.7 Å². The van der Waals surface area contributed by atoms with Crippen molar-refractivity contribution in [3.05, 3.63) is 35.9 Å². The van der Waals surface area contributed by atoms with Gasteiger partial charge in [0.15, 0.2) is 0 Å². The van der Waals surface area contributed by atoms with E-state index in [4.69, 9.17) is 0 Å². The molecule has 1 unspecified atom stereocenters. The average molecular weight is 429 g/mol. The van der Waals surface area contributed by atoms with Crippen LogP contribution in [0, 0.1) is 23.7 Å². The van der Waals surface area contributed by atoms with E-state index in [9.17, 15) is 19.5 Å². The topological polar surface area (TPSA) is 120 Å². The molecule has 1 aromatic rings. The van der Waals surface area contributed by atoms with E-state index < -0.39 is 17.9 Å². The summed E-state index contributed by atoms with van der Waals surface area (Å²) in [6, 6.07) is 9.38. The molecule has 8 heteroatoms. The molecule has 1 aliphatic carbocycles. The van der Waals surface area contributed by atoms with Gasteiger partial charge in [0.05, 0.1) is 12.1 Å². The van der Waals surface area contributed by atoms with Crippen molar-refractivity contribution in [2.24, 2.45) is 23.7 Å². The zero-order valence-corrected chi connectivity index (χ0v) is 17.7. The van der Waals surface area contributed by atoms with Crippen LogP contribution < -0.4 is 21.3 Å². The molecular formula is C23H32N4O4. The number of amides is 3. The number of benzene rings is 1. The van der Waals surface area contributed by atoms with Crippen LogP contribution in [0.3, 0.4) is 0 Å². The van der Waals surface area contributed by atoms with Gasteiger partial charge < -0.3 is 21.1 Å². The van der Waals surface area contributed by atoms with Crippen LogP contribution in [0.4, 0.5) is 0 Å². The normalized spacial score (nSPS) is 27.4. The van der Waals surface area contributed by atoms with Crippen molar-refractivity contribution in [2.45, 2.75) is 50.9 Å². The van der Waals surface area contributed by atoms with E-state index in [1.165, 1.54) is 12.8 Å². The number of aliphatic hydroxyl groups excluding tert-OH is 1. The molecule has 5 N–H and O–H groups in total. The van der Waals surface area contributed by atoms with Crippen LogP contribution in [0.2, 0.25) is 0 Å². The van der Waals surface area contributed by atoms with Gasteiger partial charge in [-0.2, -0.15) is 0 Å². The highest BCUT2D eigenvalue weighted by Crippen LogP contribution is 2.40. The maximum Gasteiger partial charge on any atom is 0.249 e. The summed E-state index contributed by atoms with van der Waals surface area (Å²) in [7, 11) is 0. The van der Waals surface area contributed by atoms with Crippen LogP contribution in [-0.4, -0.2) is 48.2 Å². The highest BCUT2D eigenvalue weighted by molar-refractivity contribution is 5.90. The van der Waals surface area contributed by atoms with Crippen molar-refractivity contribution in [1.29, 1.82) is 0 Å². The van der Waals surface area contributed by atoms with E-state index in [1.54, 1.807) is 0 Å². The number of hydrogen-bond acceptors (Lipinski definition) is 5. The first-order valence-corrected chi connectivity index (χ1v) is 11.3. The standard InChI is InChI=1S/C23H32N4O4/c28-20(23(31)26-12-14-4-2-1-3-5-14)18(10-16-8-9-24-21(16)29)22(30)27-19-11-17(13-25-19)15-6-7-15/h1-5,15-20,25,28H,6-13H2,(H,24,29)(H,26,31)(H,27,30)/t16-,17-,18+,19+,20?/m1/s1. The van der Waals surface area contributed by atoms with Gasteiger partial charge in [-0.05, 0) is 49.5 Å². The molecular weight excluding hydrogens is 396 g/mol. The third-order valence-corrected chi connectivity index (χ3v) is 6.77. The Hall–Kier alpha value is -2.45. The second-order valence-electron chi connectivity index (χ2n) is 9.07. The van der Waals surface area contributed by atoms with Crippen molar-refractivity contribution < 1.29 is 19.5 Å². The Morgan fingerprint density at radius 3 is 2.55 bits per heavy atom. The molecule has 2 aliphatic heterocycles. The summed E-state index contributed by atoms with van der Waals surface area (Å²) in [5.41, 5.74) is 0.903. The molecule has 5 atom stereocenters. The third-order valence-electron chi connectivity index (χ3n) is 6.77. The van der Waals surface area contributed by atoms with Gasteiger partial charge in [-0.15, -0.1) is 0 Å². The maximum absolute atomic E-state index is 13.1. The van der Waals surface area contributed by atoms with Crippen molar-refractivity contribution in [3.8, 4) is 0 Å². The van der Waals surface area contributed by atoms with E-state index in [0.29, 0.717) is 18.9 Å². The van der Waals surface area contributed by atoms with Crippen LogP contribution >= 0.6 is 0 Å². The Labute approximate surface area is 182 Å². The van der Waals surface area contributed by atoms with Crippen molar-refractivity contribution in [2.75, 3.05) is 13.1 Å². The molecule has 31 heavy (non-hydrogen) atoms. The largest absolute Gasteiger partial charge is 0.382 e. The summed E-state index contributed by atoms with van der Waals surface area (Å²) >= 11 is 0. The minimum atomic E-state index is -1.52. The smallest absolute Gasteiger partial charge is 0.249 e. The number of hydrogen-bond donors (Lipinski definition) is 5. The molecule has 3 amide bonds. The Bertz CT molecular complexity index is 798. The molecule has 168 valence electrons. The minimum absolute atomic E-state index is 0.123. The zero-order valence-electron chi connectivity index (χ0n) is 17.7. The Morgan fingerprint density at radius 2 is 1.87 bits per heavy atom. The fourth-order valence-corrected chi connectivity index (χ4v) is 4.71. The van der Waals surface area contributed by atoms with Gasteiger partial charge in [0.2, 0.25) is 17.7 Å². The van der Waals surface area contributed by atoms with E-state index in [1.807, 2.05) is 30.3 Å². The fourth-order valence-electron chi connectivity index (χ4n) is 4.71. The van der Waals surface area contributed by atoms with Crippen LogP contribution in [0.15, 0.2) is 30.3 Å². The van der Waals surface area contributed by atoms with Crippen molar-refractivity contribution in [3.63, 3.8) is 0 Å². The zero-order chi connectivity index (χ0) is 21.8. The average Bonchev–Trinajstić information content (AvgIpc) is 3.40. The van der Waals surface area contributed by atoms with Crippen LogP contribution in [0.5, 0.6) is 0 Å². The molecule has 0 spiro atoms. The monoisotopic (exact) mass is 428 g/mol. The summed E-state index contributed by atoms with van der Waals surface area (Å²) in [4.78, 5) is 37.8. The molecule has 3 aliphatic rings. The molecule has 8 nitrogen and oxygen atoms in total. The highest BCUT2D eigenvalue weighted by Gasteiger charge is 2.40. The van der Waals surface area contributed by atoms with Gasteiger partial charge >= 0.3 is 0 Å². The molecule has 1 aromatic carbocycles. The van der Waals surface area contributed by atoms with Crippen molar-refractivity contribution >= 4 is 17.7 Å². The van der Waals surface area contributed by atoms with Gasteiger partial charge in [0.25, 0.3) is 0 Å². The van der Waals surface area contributed by atoms with Crippen LogP contribution in [-0.2, 0) is 20.9 Å². The SMILES string of the molecule is O=C(NCc1ccccc1)C(O)[C@H](C[C@H]1CCNC1=O)C(=O)N[C@H]1C[C@@H](C2CC2)CN1. The van der Waals surface area contributed by atoms with Gasteiger partial charge in [0, 0.05) is 25.6 Å². The Morgan fingerprint density at radius 1 is 1.10 bits per heavy atom. The lowest BCUT2D eigenvalue weighted by atomic mass is 9.88. The molecule has 0 aromatic heterocycles. The predicted octanol–water partition coefficient (Wildman–Crippen LogP) is 0.268. The summed E-state index contributed by atoms with van der Waals surface area (Å²) in [5, 5.41) is 22.5. The van der Waals surface area contributed by atoms with Gasteiger partial charge in [0.1, 0.15) is 6.10 Å². The first-order valence-electron chi connectivity index (χ1n) is 11.3. The lowest BCUT2D eigenvalue weighted by molar-refractivity contribution is -0.142. The number of carbonyl (C=O) groups excluding carboxylic acids is 3. The minimum Gasteiger partial charge on any atom is -0.382 e. The Kier molecular flexibility index (Phi) is 6.87. The van der Waals surface area contributed by atoms with Crippen LogP contribution in [0.1, 0.15) is 37.7 Å². The first kappa shape index (κ1) is 21.8. The molecule has 4 rings (SSSR count). The first-order chi connectivity index (χ1) is 15.0. The van der Waals surface area contributed by atoms with E-state index in [2.05, 4.69) is 21.3 Å². The van der Waals surface area contributed by atoms with Crippen LogP contribution in [0.25, 0.3) is 0 Å². The number of rotatable bonds is 9. The second kappa shape index (κ2) is 9.78. The third kappa shape index (κ3) is 5.62. The number of carbonyl (C=O) groups is 3. The molecule has 2 saturated heterocycles.